The topological polar surface area (TPSA) is 96.0 Å². The van der Waals surface area contributed by atoms with Gasteiger partial charge < -0.3 is 5.32 Å². The first-order valence-corrected chi connectivity index (χ1v) is 5.75. The fourth-order valence-electron chi connectivity index (χ4n) is 1.58. The number of nitro benzene ring substituents is 1. The SMILES string of the molecule is CCCC(C#N)NC(=O)c1c(F)ccc([N+](=O)[O-])c1F. The molecule has 6 nitrogen and oxygen atoms in total. The van der Waals surface area contributed by atoms with Gasteiger partial charge in [0.15, 0.2) is 0 Å². The predicted octanol–water partition coefficient (Wildman–Crippen LogP) is 2.30. The number of halogens is 2. The first-order chi connectivity index (χ1) is 9.42. The molecule has 1 rings (SSSR count). The maximum Gasteiger partial charge on any atom is 0.305 e. The van der Waals surface area contributed by atoms with Crippen LogP contribution >= 0.6 is 0 Å². The maximum absolute atomic E-state index is 13.7. The molecular weight excluding hydrogens is 272 g/mol. The smallest absolute Gasteiger partial charge is 0.305 e. The van der Waals surface area contributed by atoms with E-state index in [1.54, 1.807) is 13.0 Å². The summed E-state index contributed by atoms with van der Waals surface area (Å²) in [5.74, 6) is -3.97. The van der Waals surface area contributed by atoms with Crippen LogP contribution in [0.3, 0.4) is 0 Å². The standard InChI is InChI=1S/C12H11F2N3O3/c1-2-3-7(6-15)16-12(18)10-8(13)4-5-9(11(10)14)17(19)20/h4-5,7H,2-3H2,1H3,(H,16,18). The lowest BCUT2D eigenvalue weighted by molar-refractivity contribution is -0.387. The number of carbonyl (C=O) groups excluding carboxylic acids is 1. The van der Waals surface area contributed by atoms with Crippen molar-refractivity contribution in [3.05, 3.63) is 39.4 Å². The molecule has 1 atom stereocenters. The third kappa shape index (κ3) is 3.26. The van der Waals surface area contributed by atoms with Gasteiger partial charge >= 0.3 is 5.69 Å². The van der Waals surface area contributed by atoms with Crippen LogP contribution in [0.4, 0.5) is 14.5 Å². The zero-order valence-corrected chi connectivity index (χ0v) is 10.5. The predicted molar refractivity (Wildman–Crippen MR) is 64.8 cm³/mol. The van der Waals surface area contributed by atoms with Crippen LogP contribution in [0.15, 0.2) is 12.1 Å². The second-order valence-electron chi connectivity index (χ2n) is 3.96. The summed E-state index contributed by atoms with van der Waals surface area (Å²) in [5, 5.41) is 21.5. The van der Waals surface area contributed by atoms with Crippen molar-refractivity contribution in [3.63, 3.8) is 0 Å². The Kier molecular flexibility index (Phi) is 5.08. The molecule has 20 heavy (non-hydrogen) atoms. The van der Waals surface area contributed by atoms with E-state index in [4.69, 9.17) is 5.26 Å². The van der Waals surface area contributed by atoms with Crippen LogP contribution in [-0.2, 0) is 0 Å². The number of nitro groups is 1. The van der Waals surface area contributed by atoms with Gasteiger partial charge in [0, 0.05) is 6.07 Å². The fraction of sp³-hybridized carbons (Fsp3) is 0.333. The first-order valence-electron chi connectivity index (χ1n) is 5.75. The Hall–Kier alpha value is -2.56. The van der Waals surface area contributed by atoms with Crippen LogP contribution in [0, 0.1) is 33.1 Å². The Bertz CT molecular complexity index is 584. The number of nitrogens with zero attached hydrogens (tertiary/aromatic N) is 2. The molecule has 0 fully saturated rings. The van der Waals surface area contributed by atoms with Crippen LogP contribution in [0.5, 0.6) is 0 Å². The third-order valence-electron chi connectivity index (χ3n) is 2.53. The minimum absolute atomic E-state index is 0.306. The van der Waals surface area contributed by atoms with Crippen LogP contribution in [0.25, 0.3) is 0 Å². The van der Waals surface area contributed by atoms with E-state index in [0.717, 1.165) is 0 Å². The van der Waals surface area contributed by atoms with E-state index in [-0.39, 0.29) is 0 Å². The minimum Gasteiger partial charge on any atom is -0.336 e. The van der Waals surface area contributed by atoms with Gasteiger partial charge in [-0.2, -0.15) is 9.65 Å². The van der Waals surface area contributed by atoms with Crippen molar-refractivity contribution in [1.29, 1.82) is 5.26 Å². The number of nitrogens with one attached hydrogen (secondary N) is 1. The molecule has 0 aliphatic heterocycles. The van der Waals surface area contributed by atoms with Gasteiger partial charge in [-0.05, 0) is 12.5 Å². The molecule has 0 aromatic heterocycles. The van der Waals surface area contributed by atoms with Crippen molar-refractivity contribution >= 4 is 11.6 Å². The lowest BCUT2D eigenvalue weighted by atomic mass is 10.1. The molecule has 0 saturated heterocycles. The summed E-state index contributed by atoms with van der Waals surface area (Å²) in [6, 6.07) is 2.13. The maximum atomic E-state index is 13.7. The van der Waals surface area contributed by atoms with Gasteiger partial charge in [-0.25, -0.2) is 4.39 Å². The van der Waals surface area contributed by atoms with Crippen molar-refractivity contribution in [3.8, 4) is 6.07 Å². The van der Waals surface area contributed by atoms with Gasteiger partial charge in [0.2, 0.25) is 5.82 Å². The monoisotopic (exact) mass is 283 g/mol. The second-order valence-corrected chi connectivity index (χ2v) is 3.96. The van der Waals surface area contributed by atoms with Crippen molar-refractivity contribution in [2.24, 2.45) is 0 Å². The molecule has 1 amide bonds. The molecule has 0 spiro atoms. The summed E-state index contributed by atoms with van der Waals surface area (Å²) in [4.78, 5) is 21.2. The molecule has 8 heteroatoms. The van der Waals surface area contributed by atoms with E-state index >= 15 is 0 Å². The Labute approximate surface area is 113 Å². The fourth-order valence-corrected chi connectivity index (χ4v) is 1.58. The van der Waals surface area contributed by atoms with E-state index in [1.165, 1.54) is 0 Å². The van der Waals surface area contributed by atoms with Crippen molar-refractivity contribution in [2.45, 2.75) is 25.8 Å². The molecule has 106 valence electrons. The highest BCUT2D eigenvalue weighted by Gasteiger charge is 2.27. The number of carbonyl (C=O) groups is 1. The number of hydrogen-bond acceptors (Lipinski definition) is 4. The summed E-state index contributed by atoms with van der Waals surface area (Å²) in [5.41, 5.74) is -2.06. The summed E-state index contributed by atoms with van der Waals surface area (Å²) < 4.78 is 27.2. The van der Waals surface area contributed by atoms with E-state index in [1.807, 2.05) is 0 Å². The van der Waals surface area contributed by atoms with E-state index in [2.05, 4.69) is 5.32 Å². The zero-order valence-electron chi connectivity index (χ0n) is 10.5. The van der Waals surface area contributed by atoms with Crippen molar-refractivity contribution in [2.75, 3.05) is 0 Å². The lowest BCUT2D eigenvalue weighted by Gasteiger charge is -2.11. The second kappa shape index (κ2) is 6.56. The van der Waals surface area contributed by atoms with Crippen molar-refractivity contribution in [1.82, 2.24) is 5.32 Å². The van der Waals surface area contributed by atoms with Gasteiger partial charge in [-0.3, -0.25) is 14.9 Å². The minimum atomic E-state index is -1.55. The molecule has 0 bridgehead atoms. The number of nitriles is 1. The Morgan fingerprint density at radius 1 is 1.55 bits per heavy atom. The molecule has 0 aliphatic rings. The Morgan fingerprint density at radius 3 is 2.70 bits per heavy atom. The summed E-state index contributed by atoms with van der Waals surface area (Å²) in [6.45, 7) is 1.77. The van der Waals surface area contributed by atoms with Crippen LogP contribution in [0.1, 0.15) is 30.1 Å². The van der Waals surface area contributed by atoms with Gasteiger partial charge in [0.05, 0.1) is 11.0 Å². The van der Waals surface area contributed by atoms with E-state index in [9.17, 15) is 23.7 Å². The average Bonchev–Trinajstić information content (AvgIpc) is 2.37. The molecule has 0 saturated carbocycles. The molecule has 0 radical (unpaired) electrons. The highest BCUT2D eigenvalue weighted by molar-refractivity contribution is 5.95. The van der Waals surface area contributed by atoms with Crippen LogP contribution < -0.4 is 5.32 Å². The van der Waals surface area contributed by atoms with Crippen LogP contribution in [-0.4, -0.2) is 16.9 Å². The quantitative estimate of drug-likeness (QED) is 0.662. The zero-order chi connectivity index (χ0) is 15.3. The molecule has 1 aromatic carbocycles. The lowest BCUT2D eigenvalue weighted by Crippen LogP contribution is -2.34. The normalized spacial score (nSPS) is 11.5. The summed E-state index contributed by atoms with van der Waals surface area (Å²) in [7, 11) is 0. The third-order valence-corrected chi connectivity index (χ3v) is 2.53. The molecule has 1 N–H and O–H groups in total. The highest BCUT2D eigenvalue weighted by Crippen LogP contribution is 2.23. The molecule has 1 unspecified atom stereocenters. The average molecular weight is 283 g/mol. The number of benzene rings is 1. The number of rotatable bonds is 5. The van der Waals surface area contributed by atoms with Gasteiger partial charge in [-0.15, -0.1) is 0 Å². The van der Waals surface area contributed by atoms with Gasteiger partial charge in [0.1, 0.15) is 17.4 Å². The van der Waals surface area contributed by atoms with E-state index < -0.39 is 39.8 Å². The Morgan fingerprint density at radius 2 is 2.20 bits per heavy atom. The number of amides is 1. The highest BCUT2D eigenvalue weighted by atomic mass is 19.1. The molecule has 0 heterocycles. The van der Waals surface area contributed by atoms with Crippen LogP contribution in [0.2, 0.25) is 0 Å². The molecule has 0 aliphatic carbocycles. The number of hydrogen-bond donors (Lipinski definition) is 1. The summed E-state index contributed by atoms with van der Waals surface area (Å²) in [6.07, 6.45) is 0.888. The summed E-state index contributed by atoms with van der Waals surface area (Å²) >= 11 is 0. The van der Waals surface area contributed by atoms with Crippen molar-refractivity contribution < 1.29 is 18.5 Å². The van der Waals surface area contributed by atoms with E-state index in [0.29, 0.717) is 25.0 Å². The first kappa shape index (κ1) is 15.5. The van der Waals surface area contributed by atoms with Gasteiger partial charge in [0.25, 0.3) is 5.91 Å². The molecule has 1 aromatic rings. The van der Waals surface area contributed by atoms with Gasteiger partial charge in [-0.1, -0.05) is 13.3 Å². The largest absolute Gasteiger partial charge is 0.336 e. The molecular formula is C12H11F2N3O3. The Balaban J connectivity index is 3.13.